The summed E-state index contributed by atoms with van der Waals surface area (Å²) in [7, 11) is 2.12. The maximum absolute atomic E-state index is 4.28. The highest BCUT2D eigenvalue weighted by Gasteiger charge is 1.99. The standard InChI is InChI=1S/C11H19N3/c1-3-12-8-9-14(2)10-11-6-4-5-7-13-11/h4-7,12H,3,8-10H2,1-2H3. The molecule has 3 nitrogen and oxygen atoms in total. The summed E-state index contributed by atoms with van der Waals surface area (Å²) < 4.78 is 0. The van der Waals surface area contributed by atoms with Crippen LogP contribution in [0.15, 0.2) is 24.4 Å². The van der Waals surface area contributed by atoms with Crippen LogP contribution in [-0.4, -0.2) is 36.6 Å². The van der Waals surface area contributed by atoms with Crippen LogP contribution in [0.25, 0.3) is 0 Å². The van der Waals surface area contributed by atoms with E-state index in [4.69, 9.17) is 0 Å². The van der Waals surface area contributed by atoms with Crippen LogP contribution in [0.1, 0.15) is 12.6 Å². The number of nitrogens with zero attached hydrogens (tertiary/aromatic N) is 2. The highest BCUT2D eigenvalue weighted by molar-refractivity contribution is 5.02. The van der Waals surface area contributed by atoms with Crippen LogP contribution < -0.4 is 5.32 Å². The first-order valence-electron chi connectivity index (χ1n) is 5.12. The molecule has 0 saturated heterocycles. The summed E-state index contributed by atoms with van der Waals surface area (Å²) >= 11 is 0. The Bertz CT molecular complexity index is 236. The fourth-order valence-corrected chi connectivity index (χ4v) is 1.29. The number of rotatable bonds is 6. The van der Waals surface area contributed by atoms with Crippen molar-refractivity contribution in [3.63, 3.8) is 0 Å². The molecule has 0 saturated carbocycles. The largest absolute Gasteiger partial charge is 0.316 e. The molecular formula is C11H19N3. The van der Waals surface area contributed by atoms with Gasteiger partial charge in [0.15, 0.2) is 0 Å². The third-order valence-electron chi connectivity index (χ3n) is 2.08. The second-order valence-electron chi connectivity index (χ2n) is 3.41. The molecule has 0 spiro atoms. The highest BCUT2D eigenvalue weighted by Crippen LogP contribution is 1.97. The van der Waals surface area contributed by atoms with Gasteiger partial charge < -0.3 is 5.32 Å². The van der Waals surface area contributed by atoms with Gasteiger partial charge in [-0.05, 0) is 25.7 Å². The van der Waals surface area contributed by atoms with E-state index in [2.05, 4.69) is 35.2 Å². The van der Waals surface area contributed by atoms with E-state index in [-0.39, 0.29) is 0 Å². The first-order chi connectivity index (χ1) is 6.83. The van der Waals surface area contributed by atoms with Crippen molar-refractivity contribution in [2.45, 2.75) is 13.5 Å². The van der Waals surface area contributed by atoms with Gasteiger partial charge in [-0.25, -0.2) is 0 Å². The van der Waals surface area contributed by atoms with E-state index in [0.29, 0.717) is 0 Å². The number of hydrogen-bond acceptors (Lipinski definition) is 3. The van der Waals surface area contributed by atoms with Crippen LogP contribution in [0.4, 0.5) is 0 Å². The van der Waals surface area contributed by atoms with Gasteiger partial charge in [-0.2, -0.15) is 0 Å². The van der Waals surface area contributed by atoms with E-state index in [1.807, 2.05) is 18.3 Å². The molecule has 1 N–H and O–H groups in total. The van der Waals surface area contributed by atoms with Crippen molar-refractivity contribution in [3.05, 3.63) is 30.1 Å². The van der Waals surface area contributed by atoms with Gasteiger partial charge in [0.1, 0.15) is 0 Å². The molecule has 0 unspecified atom stereocenters. The second-order valence-corrected chi connectivity index (χ2v) is 3.41. The summed E-state index contributed by atoms with van der Waals surface area (Å²) in [5.74, 6) is 0. The van der Waals surface area contributed by atoms with Gasteiger partial charge in [-0.3, -0.25) is 9.88 Å². The van der Waals surface area contributed by atoms with Crippen LogP contribution in [0.5, 0.6) is 0 Å². The van der Waals surface area contributed by atoms with Crippen LogP contribution in [0.2, 0.25) is 0 Å². The van der Waals surface area contributed by atoms with Crippen molar-refractivity contribution in [2.75, 3.05) is 26.7 Å². The van der Waals surface area contributed by atoms with Crippen LogP contribution in [0, 0.1) is 0 Å². The minimum absolute atomic E-state index is 0.923. The van der Waals surface area contributed by atoms with Crippen molar-refractivity contribution < 1.29 is 0 Å². The van der Waals surface area contributed by atoms with E-state index >= 15 is 0 Å². The second kappa shape index (κ2) is 6.51. The molecule has 0 fully saturated rings. The summed E-state index contributed by atoms with van der Waals surface area (Å²) in [4.78, 5) is 6.55. The maximum Gasteiger partial charge on any atom is 0.0543 e. The molecular weight excluding hydrogens is 174 g/mol. The minimum atomic E-state index is 0.923. The Hall–Kier alpha value is -0.930. The summed E-state index contributed by atoms with van der Waals surface area (Å²) in [5.41, 5.74) is 1.13. The topological polar surface area (TPSA) is 28.2 Å². The highest BCUT2D eigenvalue weighted by atomic mass is 15.1. The Kier molecular flexibility index (Phi) is 5.19. The summed E-state index contributed by atoms with van der Waals surface area (Å²) in [6, 6.07) is 6.03. The first-order valence-corrected chi connectivity index (χ1v) is 5.12. The molecule has 3 heteroatoms. The lowest BCUT2D eigenvalue weighted by Gasteiger charge is -2.15. The van der Waals surface area contributed by atoms with E-state index in [1.165, 1.54) is 0 Å². The average Bonchev–Trinajstić information content (AvgIpc) is 2.20. The van der Waals surface area contributed by atoms with Crippen molar-refractivity contribution in [3.8, 4) is 0 Å². The smallest absolute Gasteiger partial charge is 0.0543 e. The Labute approximate surface area is 86.2 Å². The molecule has 0 amide bonds. The van der Waals surface area contributed by atoms with Crippen molar-refractivity contribution >= 4 is 0 Å². The zero-order chi connectivity index (χ0) is 10.2. The molecule has 1 rings (SSSR count). The SMILES string of the molecule is CCNCCN(C)Cc1ccccn1. The normalized spacial score (nSPS) is 10.8. The Morgan fingerprint density at radius 3 is 2.93 bits per heavy atom. The average molecular weight is 193 g/mol. The molecule has 0 aliphatic heterocycles. The van der Waals surface area contributed by atoms with Gasteiger partial charge in [0.25, 0.3) is 0 Å². The summed E-state index contributed by atoms with van der Waals surface area (Å²) in [6.07, 6.45) is 1.84. The van der Waals surface area contributed by atoms with Gasteiger partial charge in [0, 0.05) is 25.8 Å². The number of aromatic nitrogens is 1. The maximum atomic E-state index is 4.28. The van der Waals surface area contributed by atoms with Crippen LogP contribution in [-0.2, 0) is 6.54 Å². The molecule has 0 bridgehead atoms. The fourth-order valence-electron chi connectivity index (χ4n) is 1.29. The minimum Gasteiger partial charge on any atom is -0.316 e. The van der Waals surface area contributed by atoms with E-state index in [1.54, 1.807) is 0 Å². The Balaban J connectivity index is 2.23. The lowest BCUT2D eigenvalue weighted by Crippen LogP contribution is -2.28. The van der Waals surface area contributed by atoms with E-state index in [9.17, 15) is 0 Å². The molecule has 0 aliphatic rings. The zero-order valence-corrected chi connectivity index (χ0v) is 9.03. The third kappa shape index (κ3) is 4.35. The quantitative estimate of drug-likeness (QED) is 0.686. The van der Waals surface area contributed by atoms with Gasteiger partial charge >= 0.3 is 0 Å². The molecule has 1 aromatic rings. The molecule has 0 radical (unpaired) electrons. The summed E-state index contributed by atoms with van der Waals surface area (Å²) in [5, 5.41) is 3.30. The molecule has 0 aromatic carbocycles. The van der Waals surface area contributed by atoms with Crippen molar-refractivity contribution in [1.29, 1.82) is 0 Å². The van der Waals surface area contributed by atoms with Crippen LogP contribution in [0.3, 0.4) is 0 Å². The van der Waals surface area contributed by atoms with Crippen molar-refractivity contribution in [2.24, 2.45) is 0 Å². The van der Waals surface area contributed by atoms with Gasteiger partial charge in [0.2, 0.25) is 0 Å². The zero-order valence-electron chi connectivity index (χ0n) is 9.03. The van der Waals surface area contributed by atoms with Gasteiger partial charge in [0.05, 0.1) is 5.69 Å². The predicted molar refractivity (Wildman–Crippen MR) is 59.1 cm³/mol. The van der Waals surface area contributed by atoms with Gasteiger partial charge in [-0.1, -0.05) is 13.0 Å². The Morgan fingerprint density at radius 1 is 1.43 bits per heavy atom. The molecule has 0 aliphatic carbocycles. The lowest BCUT2D eigenvalue weighted by atomic mass is 10.3. The van der Waals surface area contributed by atoms with Crippen LogP contribution >= 0.6 is 0 Å². The first kappa shape index (κ1) is 11.1. The third-order valence-corrected chi connectivity index (χ3v) is 2.08. The molecule has 1 aromatic heterocycles. The molecule has 0 atom stereocenters. The molecule has 14 heavy (non-hydrogen) atoms. The van der Waals surface area contributed by atoms with E-state index in [0.717, 1.165) is 31.9 Å². The van der Waals surface area contributed by atoms with E-state index < -0.39 is 0 Å². The fraction of sp³-hybridized carbons (Fsp3) is 0.545. The number of likely N-dealkylation sites (N-methyl/N-ethyl adjacent to an activating group) is 2. The number of pyridine rings is 1. The monoisotopic (exact) mass is 193 g/mol. The summed E-state index contributed by atoms with van der Waals surface area (Å²) in [6.45, 7) is 6.19. The predicted octanol–water partition coefficient (Wildman–Crippen LogP) is 1.12. The number of hydrogen-bond donors (Lipinski definition) is 1. The van der Waals surface area contributed by atoms with Gasteiger partial charge in [-0.15, -0.1) is 0 Å². The molecule has 78 valence electrons. The molecule has 1 heterocycles. The number of nitrogens with one attached hydrogen (secondary N) is 1. The van der Waals surface area contributed by atoms with Crippen molar-refractivity contribution in [1.82, 2.24) is 15.2 Å². The lowest BCUT2D eigenvalue weighted by molar-refractivity contribution is 0.322. The Morgan fingerprint density at radius 2 is 2.29 bits per heavy atom.